The lowest BCUT2D eigenvalue weighted by molar-refractivity contribution is -0.147. The fourth-order valence-electron chi connectivity index (χ4n) is 2.67. The van der Waals surface area contributed by atoms with Crippen molar-refractivity contribution in [2.24, 2.45) is 11.8 Å². The molecule has 0 radical (unpaired) electrons. The highest BCUT2D eigenvalue weighted by Crippen LogP contribution is 2.51. The third-order valence-corrected chi connectivity index (χ3v) is 3.84. The topological polar surface area (TPSA) is 67.4 Å². The lowest BCUT2D eigenvalue weighted by atomic mass is 9.94. The van der Waals surface area contributed by atoms with Crippen LogP contribution >= 0.6 is 0 Å². The fourth-order valence-corrected chi connectivity index (χ4v) is 2.67. The molecule has 1 fully saturated rings. The van der Waals surface area contributed by atoms with Crippen LogP contribution in [0.25, 0.3) is 0 Å². The maximum Gasteiger partial charge on any atom is 0.332 e. The van der Waals surface area contributed by atoms with Crippen LogP contribution in [0.2, 0.25) is 0 Å². The van der Waals surface area contributed by atoms with Gasteiger partial charge < -0.3 is 15.4 Å². The van der Waals surface area contributed by atoms with Gasteiger partial charge in [-0.15, -0.1) is 0 Å². The van der Waals surface area contributed by atoms with Crippen LogP contribution in [0.4, 0.5) is 4.79 Å². The maximum absolute atomic E-state index is 12.1. The summed E-state index contributed by atoms with van der Waals surface area (Å²) in [5, 5.41) is 5.27. The van der Waals surface area contributed by atoms with Crippen molar-refractivity contribution in [1.29, 1.82) is 0 Å². The first kappa shape index (κ1) is 14.8. The van der Waals surface area contributed by atoms with Crippen LogP contribution in [0, 0.1) is 11.8 Å². The van der Waals surface area contributed by atoms with Gasteiger partial charge >= 0.3 is 12.0 Å². The molecule has 5 nitrogen and oxygen atoms in total. The minimum absolute atomic E-state index is 0.198. The molecular formula is C13H24N2O3. The summed E-state index contributed by atoms with van der Waals surface area (Å²) in [4.78, 5) is 23.6. The van der Waals surface area contributed by atoms with E-state index in [1.54, 1.807) is 14.0 Å². The summed E-state index contributed by atoms with van der Waals surface area (Å²) in [5.74, 6) is 0.348. The molecule has 0 saturated heterocycles. The average Bonchev–Trinajstić information content (AvgIpc) is 3.06. The molecule has 0 aliphatic heterocycles. The van der Waals surface area contributed by atoms with Gasteiger partial charge in [-0.25, -0.2) is 9.59 Å². The molecule has 5 heteroatoms. The molecule has 2 atom stereocenters. The van der Waals surface area contributed by atoms with Crippen molar-refractivity contribution in [2.45, 2.75) is 45.6 Å². The fraction of sp³-hybridized carbons (Fsp3) is 0.846. The molecule has 0 spiro atoms. The van der Waals surface area contributed by atoms with Crippen LogP contribution in [0.3, 0.4) is 0 Å². The predicted octanol–water partition coefficient (Wildman–Crippen LogP) is 1.67. The summed E-state index contributed by atoms with van der Waals surface area (Å²) in [5.41, 5.74) is -0.799. The van der Waals surface area contributed by atoms with Crippen molar-refractivity contribution < 1.29 is 14.3 Å². The number of hydrogen-bond acceptors (Lipinski definition) is 3. The van der Waals surface area contributed by atoms with Gasteiger partial charge in [-0.3, -0.25) is 0 Å². The van der Waals surface area contributed by atoms with E-state index in [1.165, 1.54) is 0 Å². The Kier molecular flexibility index (Phi) is 4.99. The molecule has 0 aromatic carbocycles. The highest BCUT2D eigenvalue weighted by Gasteiger charge is 2.64. The number of ether oxygens (including phenoxy) is 1. The van der Waals surface area contributed by atoms with E-state index >= 15 is 0 Å². The third kappa shape index (κ3) is 2.76. The molecule has 1 saturated carbocycles. The number of amides is 2. The molecule has 104 valence electrons. The summed E-state index contributed by atoms with van der Waals surface area (Å²) in [6.45, 7) is 6.34. The molecule has 18 heavy (non-hydrogen) atoms. The second-order valence-electron chi connectivity index (χ2n) is 4.78. The number of carbonyl (C=O) groups is 2. The number of esters is 1. The highest BCUT2D eigenvalue weighted by molar-refractivity contribution is 5.90. The molecule has 2 N–H and O–H groups in total. The molecule has 0 bridgehead atoms. The smallest absolute Gasteiger partial charge is 0.332 e. The van der Waals surface area contributed by atoms with Crippen LogP contribution in [-0.4, -0.2) is 31.2 Å². The standard InChI is InChI=1S/C13H24N2O3/c1-5-9(6-2)10-8-13(10,11(16)18-7-3)15-12(17)14-4/h9-10H,5-8H2,1-4H3,(H2,14,15,17). The normalized spacial score (nSPS) is 25.7. The van der Waals surface area contributed by atoms with Gasteiger partial charge in [-0.2, -0.15) is 0 Å². The zero-order valence-electron chi connectivity index (χ0n) is 11.7. The molecule has 2 unspecified atom stereocenters. The first-order valence-electron chi connectivity index (χ1n) is 6.72. The minimum atomic E-state index is -0.799. The number of urea groups is 1. The Balaban J connectivity index is 2.79. The summed E-state index contributed by atoms with van der Waals surface area (Å²) < 4.78 is 5.10. The number of carbonyl (C=O) groups excluding carboxylic acids is 2. The predicted molar refractivity (Wildman–Crippen MR) is 69.1 cm³/mol. The Hall–Kier alpha value is -1.26. The molecule has 1 aliphatic carbocycles. The highest BCUT2D eigenvalue weighted by atomic mass is 16.5. The monoisotopic (exact) mass is 256 g/mol. The molecule has 0 heterocycles. The van der Waals surface area contributed by atoms with E-state index in [-0.39, 0.29) is 17.9 Å². The second-order valence-corrected chi connectivity index (χ2v) is 4.78. The number of rotatable bonds is 6. The van der Waals surface area contributed by atoms with Crippen LogP contribution in [-0.2, 0) is 9.53 Å². The summed E-state index contributed by atoms with van der Waals surface area (Å²) in [6, 6.07) is -0.323. The van der Waals surface area contributed by atoms with Gasteiger partial charge in [0.25, 0.3) is 0 Å². The van der Waals surface area contributed by atoms with E-state index in [9.17, 15) is 9.59 Å². The number of nitrogens with one attached hydrogen (secondary N) is 2. The van der Waals surface area contributed by atoms with Crippen LogP contribution in [0.1, 0.15) is 40.0 Å². The van der Waals surface area contributed by atoms with Crippen molar-refractivity contribution >= 4 is 12.0 Å². The Morgan fingerprint density at radius 1 is 1.33 bits per heavy atom. The largest absolute Gasteiger partial charge is 0.464 e. The van der Waals surface area contributed by atoms with Crippen LogP contribution in [0.15, 0.2) is 0 Å². The summed E-state index contributed by atoms with van der Waals surface area (Å²) in [7, 11) is 1.54. The zero-order valence-corrected chi connectivity index (χ0v) is 11.7. The van der Waals surface area contributed by atoms with Crippen molar-refractivity contribution in [1.82, 2.24) is 10.6 Å². The molecule has 0 aromatic heterocycles. The lowest BCUT2D eigenvalue weighted by Gasteiger charge is -2.21. The van der Waals surface area contributed by atoms with Crippen LogP contribution in [0.5, 0.6) is 0 Å². The maximum atomic E-state index is 12.1. The number of hydrogen-bond donors (Lipinski definition) is 2. The minimum Gasteiger partial charge on any atom is -0.464 e. The Morgan fingerprint density at radius 2 is 1.94 bits per heavy atom. The van der Waals surface area contributed by atoms with E-state index in [0.717, 1.165) is 12.8 Å². The van der Waals surface area contributed by atoms with Gasteiger partial charge in [-0.05, 0) is 25.2 Å². The SMILES string of the molecule is CCOC(=O)C1(NC(=O)NC)CC1C(CC)CC. The lowest BCUT2D eigenvalue weighted by Crippen LogP contribution is -2.49. The van der Waals surface area contributed by atoms with E-state index in [4.69, 9.17) is 4.74 Å². The zero-order chi connectivity index (χ0) is 13.8. The molecule has 1 aliphatic rings. The van der Waals surface area contributed by atoms with Gasteiger partial charge in [0.1, 0.15) is 5.54 Å². The van der Waals surface area contributed by atoms with Gasteiger partial charge in [0.2, 0.25) is 0 Å². The van der Waals surface area contributed by atoms with Gasteiger partial charge in [0.15, 0.2) is 0 Å². The molecule has 1 rings (SSSR count). The van der Waals surface area contributed by atoms with E-state index in [0.29, 0.717) is 18.9 Å². The van der Waals surface area contributed by atoms with E-state index in [1.807, 2.05) is 0 Å². The third-order valence-electron chi connectivity index (χ3n) is 3.84. The van der Waals surface area contributed by atoms with E-state index < -0.39 is 5.54 Å². The van der Waals surface area contributed by atoms with Gasteiger partial charge in [0, 0.05) is 7.05 Å². The Labute approximate surface area is 109 Å². The molecule has 0 aromatic rings. The first-order chi connectivity index (χ1) is 8.55. The average molecular weight is 256 g/mol. The van der Waals surface area contributed by atoms with Crippen LogP contribution < -0.4 is 10.6 Å². The van der Waals surface area contributed by atoms with Crippen molar-refractivity contribution in [3.05, 3.63) is 0 Å². The molecular weight excluding hydrogens is 232 g/mol. The van der Waals surface area contributed by atoms with Crippen molar-refractivity contribution in [3.8, 4) is 0 Å². The quantitative estimate of drug-likeness (QED) is 0.710. The Bertz CT molecular complexity index is 315. The molecule has 2 amide bonds. The first-order valence-corrected chi connectivity index (χ1v) is 6.72. The van der Waals surface area contributed by atoms with Gasteiger partial charge in [-0.1, -0.05) is 26.7 Å². The van der Waals surface area contributed by atoms with Crippen molar-refractivity contribution in [3.63, 3.8) is 0 Å². The van der Waals surface area contributed by atoms with Gasteiger partial charge in [0.05, 0.1) is 6.61 Å². The second kappa shape index (κ2) is 6.07. The summed E-state index contributed by atoms with van der Waals surface area (Å²) >= 11 is 0. The van der Waals surface area contributed by atoms with Crippen molar-refractivity contribution in [2.75, 3.05) is 13.7 Å². The Morgan fingerprint density at radius 3 is 2.39 bits per heavy atom. The van der Waals surface area contributed by atoms with E-state index in [2.05, 4.69) is 24.5 Å². The summed E-state index contributed by atoms with van der Waals surface area (Å²) in [6.07, 6.45) is 2.71.